The zero-order valence-electron chi connectivity index (χ0n) is 8.88. The molecule has 1 aliphatic carbocycles. The molecular formula is C11H13NO4. The third-order valence-electron chi connectivity index (χ3n) is 3.02. The van der Waals surface area contributed by atoms with Crippen LogP contribution in [0.5, 0.6) is 5.75 Å². The lowest BCUT2D eigenvalue weighted by atomic mass is 9.64. The molecule has 0 unspecified atom stereocenters. The van der Waals surface area contributed by atoms with Crippen LogP contribution in [0.4, 0.5) is 0 Å². The van der Waals surface area contributed by atoms with E-state index in [1.54, 1.807) is 12.1 Å². The molecule has 0 spiro atoms. The van der Waals surface area contributed by atoms with Crippen LogP contribution in [0.1, 0.15) is 18.5 Å². The highest BCUT2D eigenvalue weighted by atomic mass is 16.5. The molecule has 1 fully saturated rings. The van der Waals surface area contributed by atoms with Crippen molar-refractivity contribution in [3.63, 3.8) is 0 Å². The smallest absolute Gasteiger partial charge is 0.316 e. The monoisotopic (exact) mass is 223 g/mol. The van der Waals surface area contributed by atoms with Crippen LogP contribution in [0, 0.1) is 0 Å². The van der Waals surface area contributed by atoms with Crippen LogP contribution in [0.3, 0.4) is 0 Å². The number of aliphatic carboxylic acids is 1. The number of hydrogen-bond donors (Lipinski definition) is 2. The van der Waals surface area contributed by atoms with Crippen LogP contribution in [0.15, 0.2) is 18.3 Å². The minimum Gasteiger partial charge on any atom is -0.495 e. The van der Waals surface area contributed by atoms with Crippen molar-refractivity contribution < 1.29 is 19.7 Å². The van der Waals surface area contributed by atoms with E-state index in [4.69, 9.17) is 4.74 Å². The van der Waals surface area contributed by atoms with Crippen molar-refractivity contribution in [1.29, 1.82) is 0 Å². The van der Waals surface area contributed by atoms with E-state index in [0.717, 1.165) is 0 Å². The summed E-state index contributed by atoms with van der Waals surface area (Å²) in [5.41, 5.74) is -0.693. The quantitative estimate of drug-likeness (QED) is 0.783. The molecule has 0 aromatic carbocycles. The Hall–Kier alpha value is -1.62. The van der Waals surface area contributed by atoms with Gasteiger partial charge in [0.05, 0.1) is 18.9 Å². The van der Waals surface area contributed by atoms with E-state index >= 15 is 0 Å². The van der Waals surface area contributed by atoms with Crippen LogP contribution >= 0.6 is 0 Å². The zero-order valence-corrected chi connectivity index (χ0v) is 8.88. The average Bonchev–Trinajstić information content (AvgIpc) is 2.24. The number of aliphatic hydroxyl groups is 1. The standard InChI is InChI=1S/C11H13NO4/c1-16-8-3-2-4-12-9(8)11(10(14)15)5-7(13)6-11/h2-4,7,13H,5-6H2,1H3,(H,14,15). The molecule has 86 valence electrons. The average molecular weight is 223 g/mol. The number of rotatable bonds is 3. The maximum atomic E-state index is 11.3. The van der Waals surface area contributed by atoms with E-state index in [9.17, 15) is 15.0 Å². The van der Waals surface area contributed by atoms with Crippen LogP contribution in [-0.4, -0.2) is 34.4 Å². The Morgan fingerprint density at radius 2 is 2.31 bits per heavy atom. The second-order valence-electron chi connectivity index (χ2n) is 4.00. The Bertz CT molecular complexity index is 412. The molecule has 1 heterocycles. The number of nitrogens with zero attached hydrogens (tertiary/aromatic N) is 1. The molecule has 5 heteroatoms. The van der Waals surface area contributed by atoms with Crippen molar-refractivity contribution in [3.8, 4) is 5.75 Å². The minimum absolute atomic E-state index is 0.190. The van der Waals surface area contributed by atoms with E-state index in [1.807, 2.05) is 0 Å². The molecule has 0 amide bonds. The molecule has 0 aliphatic heterocycles. The molecule has 2 rings (SSSR count). The maximum Gasteiger partial charge on any atom is 0.316 e. The first-order valence-electron chi connectivity index (χ1n) is 5.01. The fourth-order valence-electron chi connectivity index (χ4n) is 2.13. The Balaban J connectivity index is 2.44. The number of methoxy groups -OCH3 is 1. The number of carbonyl (C=O) groups is 1. The van der Waals surface area contributed by atoms with Crippen LogP contribution < -0.4 is 4.74 Å². The Morgan fingerprint density at radius 3 is 2.81 bits per heavy atom. The third kappa shape index (κ3) is 1.44. The second-order valence-corrected chi connectivity index (χ2v) is 4.00. The Morgan fingerprint density at radius 1 is 1.62 bits per heavy atom. The number of carboxylic acids is 1. The minimum atomic E-state index is -1.09. The van der Waals surface area contributed by atoms with Gasteiger partial charge in [0, 0.05) is 6.20 Å². The van der Waals surface area contributed by atoms with E-state index in [2.05, 4.69) is 4.98 Å². The van der Waals surface area contributed by atoms with Crippen molar-refractivity contribution >= 4 is 5.97 Å². The second kappa shape index (κ2) is 3.75. The summed E-state index contributed by atoms with van der Waals surface area (Å²) >= 11 is 0. The lowest BCUT2D eigenvalue weighted by Crippen LogP contribution is -2.51. The molecule has 5 nitrogen and oxygen atoms in total. The van der Waals surface area contributed by atoms with Crippen LogP contribution in [0.2, 0.25) is 0 Å². The van der Waals surface area contributed by atoms with Gasteiger partial charge in [0.25, 0.3) is 0 Å². The Labute approximate surface area is 92.7 Å². The number of aromatic nitrogens is 1. The number of pyridine rings is 1. The van der Waals surface area contributed by atoms with Gasteiger partial charge in [0.15, 0.2) is 0 Å². The first kappa shape index (κ1) is 10.9. The van der Waals surface area contributed by atoms with Gasteiger partial charge in [-0.3, -0.25) is 9.78 Å². The predicted octanol–water partition coefficient (Wildman–Crippen LogP) is 0.567. The van der Waals surface area contributed by atoms with E-state index in [0.29, 0.717) is 11.4 Å². The summed E-state index contributed by atoms with van der Waals surface area (Å²) in [6.45, 7) is 0. The van der Waals surface area contributed by atoms with Crippen LogP contribution in [-0.2, 0) is 10.2 Å². The molecule has 0 atom stereocenters. The highest BCUT2D eigenvalue weighted by Crippen LogP contribution is 2.46. The van der Waals surface area contributed by atoms with E-state index in [-0.39, 0.29) is 12.8 Å². The molecule has 0 saturated heterocycles. The predicted molar refractivity (Wildman–Crippen MR) is 55.3 cm³/mol. The van der Waals surface area contributed by atoms with Gasteiger partial charge in [0.2, 0.25) is 0 Å². The Kier molecular flexibility index (Phi) is 2.55. The molecule has 1 aromatic heterocycles. The lowest BCUT2D eigenvalue weighted by Gasteiger charge is -2.41. The summed E-state index contributed by atoms with van der Waals surface area (Å²) in [6.07, 6.45) is 1.35. The van der Waals surface area contributed by atoms with Crippen molar-refractivity contribution in [2.75, 3.05) is 7.11 Å². The fourth-order valence-corrected chi connectivity index (χ4v) is 2.13. The van der Waals surface area contributed by atoms with Crippen LogP contribution in [0.25, 0.3) is 0 Å². The van der Waals surface area contributed by atoms with Gasteiger partial charge in [0.1, 0.15) is 11.2 Å². The first-order valence-corrected chi connectivity index (χ1v) is 5.01. The summed E-state index contributed by atoms with van der Waals surface area (Å²) < 4.78 is 5.11. The van der Waals surface area contributed by atoms with Crippen molar-refractivity contribution in [1.82, 2.24) is 4.98 Å². The van der Waals surface area contributed by atoms with E-state index in [1.165, 1.54) is 13.3 Å². The molecule has 2 N–H and O–H groups in total. The summed E-state index contributed by atoms with van der Waals surface area (Å²) in [7, 11) is 1.48. The van der Waals surface area contributed by atoms with Gasteiger partial charge < -0.3 is 14.9 Å². The molecular weight excluding hydrogens is 210 g/mol. The van der Waals surface area contributed by atoms with Gasteiger partial charge in [-0.2, -0.15) is 0 Å². The fraction of sp³-hybridized carbons (Fsp3) is 0.455. The van der Waals surface area contributed by atoms with Gasteiger partial charge in [-0.1, -0.05) is 0 Å². The van der Waals surface area contributed by atoms with Crippen molar-refractivity contribution in [2.24, 2.45) is 0 Å². The largest absolute Gasteiger partial charge is 0.495 e. The summed E-state index contributed by atoms with van der Waals surface area (Å²) in [5, 5.41) is 18.6. The number of ether oxygens (including phenoxy) is 1. The molecule has 0 radical (unpaired) electrons. The summed E-state index contributed by atoms with van der Waals surface area (Å²) in [4.78, 5) is 15.4. The van der Waals surface area contributed by atoms with Gasteiger partial charge in [-0.25, -0.2) is 0 Å². The molecule has 16 heavy (non-hydrogen) atoms. The third-order valence-corrected chi connectivity index (χ3v) is 3.02. The normalized spacial score (nSPS) is 28.2. The maximum absolute atomic E-state index is 11.3. The summed E-state index contributed by atoms with van der Waals surface area (Å²) in [5.74, 6) is -0.508. The van der Waals surface area contributed by atoms with Crippen molar-refractivity contribution in [3.05, 3.63) is 24.0 Å². The van der Waals surface area contributed by atoms with E-state index < -0.39 is 17.5 Å². The van der Waals surface area contributed by atoms with Gasteiger partial charge >= 0.3 is 5.97 Å². The first-order chi connectivity index (χ1) is 7.60. The highest BCUT2D eigenvalue weighted by Gasteiger charge is 2.53. The number of aliphatic hydroxyl groups excluding tert-OH is 1. The SMILES string of the molecule is COc1cccnc1C1(C(=O)O)CC(O)C1. The van der Waals surface area contributed by atoms with Gasteiger partial charge in [-0.05, 0) is 25.0 Å². The molecule has 1 saturated carbocycles. The zero-order chi connectivity index (χ0) is 11.8. The molecule has 1 aromatic rings. The topological polar surface area (TPSA) is 79.7 Å². The highest BCUT2D eigenvalue weighted by molar-refractivity contribution is 5.83. The number of hydrogen-bond acceptors (Lipinski definition) is 4. The van der Waals surface area contributed by atoms with Crippen molar-refractivity contribution in [2.45, 2.75) is 24.4 Å². The summed E-state index contributed by atoms with van der Waals surface area (Å²) in [6, 6.07) is 3.37. The molecule has 0 bridgehead atoms. The lowest BCUT2D eigenvalue weighted by molar-refractivity contribution is -0.153. The van der Waals surface area contributed by atoms with Gasteiger partial charge in [-0.15, -0.1) is 0 Å². The molecule has 1 aliphatic rings. The number of carboxylic acid groups (broad SMARTS) is 1.